The molecule has 0 radical (unpaired) electrons. The summed E-state index contributed by atoms with van der Waals surface area (Å²) in [6.07, 6.45) is 3.80. The largest absolute Gasteiger partial charge is 0.457 e. The van der Waals surface area contributed by atoms with E-state index in [1.807, 2.05) is 6.92 Å². The summed E-state index contributed by atoms with van der Waals surface area (Å²) in [6, 6.07) is 0. The average molecular weight is 129 g/mol. The molecule has 3 heteroatoms. The van der Waals surface area contributed by atoms with Crippen LogP contribution in [0.15, 0.2) is 12.5 Å². The zero-order chi connectivity index (χ0) is 6.74. The first-order chi connectivity index (χ1) is 4.27. The van der Waals surface area contributed by atoms with Crippen LogP contribution in [-0.4, -0.2) is 12.3 Å². The van der Waals surface area contributed by atoms with Crippen LogP contribution in [0.3, 0.4) is 0 Å². The van der Waals surface area contributed by atoms with Crippen molar-refractivity contribution in [1.82, 2.24) is 0 Å². The second kappa shape index (κ2) is 2.27. The van der Waals surface area contributed by atoms with Crippen LogP contribution in [0.4, 0.5) is 0 Å². The number of nitrogens with two attached hydrogens (primary N) is 1. The molecule has 0 aliphatic carbocycles. The van der Waals surface area contributed by atoms with Crippen LogP contribution in [-0.2, 0) is 9.47 Å². The van der Waals surface area contributed by atoms with Crippen molar-refractivity contribution in [2.75, 3.05) is 6.54 Å². The fourth-order valence-corrected chi connectivity index (χ4v) is 0.751. The van der Waals surface area contributed by atoms with Crippen molar-refractivity contribution in [3.8, 4) is 0 Å². The van der Waals surface area contributed by atoms with Crippen molar-refractivity contribution < 1.29 is 9.47 Å². The fourth-order valence-electron chi connectivity index (χ4n) is 0.751. The molecule has 0 aromatic rings. The van der Waals surface area contributed by atoms with E-state index in [2.05, 4.69) is 0 Å². The Morgan fingerprint density at radius 2 is 2.00 bits per heavy atom. The summed E-state index contributed by atoms with van der Waals surface area (Å²) in [7, 11) is 0. The van der Waals surface area contributed by atoms with Crippen LogP contribution < -0.4 is 5.73 Å². The molecule has 0 aromatic heterocycles. The molecule has 1 heterocycles. The van der Waals surface area contributed by atoms with E-state index in [1.165, 1.54) is 12.5 Å². The quantitative estimate of drug-likeness (QED) is 0.592. The Labute approximate surface area is 54.4 Å². The van der Waals surface area contributed by atoms with Crippen molar-refractivity contribution in [2.24, 2.45) is 5.73 Å². The Balaban J connectivity index is 2.36. The van der Waals surface area contributed by atoms with Crippen molar-refractivity contribution in [3.05, 3.63) is 12.5 Å². The molecule has 0 amide bonds. The van der Waals surface area contributed by atoms with Gasteiger partial charge in [-0.15, -0.1) is 0 Å². The Morgan fingerprint density at radius 3 is 2.44 bits per heavy atom. The summed E-state index contributed by atoms with van der Waals surface area (Å²) in [5.74, 6) is -0.491. The van der Waals surface area contributed by atoms with E-state index in [-0.39, 0.29) is 0 Å². The normalized spacial score (nSPS) is 21.1. The maximum absolute atomic E-state index is 5.31. The monoisotopic (exact) mass is 129 g/mol. The van der Waals surface area contributed by atoms with E-state index >= 15 is 0 Å². The van der Waals surface area contributed by atoms with Crippen LogP contribution in [0.1, 0.15) is 13.3 Å². The van der Waals surface area contributed by atoms with Crippen molar-refractivity contribution >= 4 is 0 Å². The molecule has 0 unspecified atom stereocenters. The van der Waals surface area contributed by atoms with Gasteiger partial charge in [-0.3, -0.25) is 0 Å². The standard InChI is InChI=1S/C6H11NO2/c1-6(2-3-7)8-4-5-9-6/h4-5H,2-3,7H2,1H3. The lowest BCUT2D eigenvalue weighted by Gasteiger charge is -2.21. The maximum Gasteiger partial charge on any atom is 0.248 e. The average Bonchev–Trinajstić information content (AvgIpc) is 2.16. The first-order valence-corrected chi connectivity index (χ1v) is 2.97. The molecule has 0 saturated carbocycles. The highest BCUT2D eigenvalue weighted by molar-refractivity contribution is 4.79. The first-order valence-electron chi connectivity index (χ1n) is 2.97. The van der Waals surface area contributed by atoms with Crippen molar-refractivity contribution in [2.45, 2.75) is 19.1 Å². The Kier molecular flexibility index (Phi) is 1.62. The Bertz CT molecular complexity index is 114. The molecule has 0 spiro atoms. The summed E-state index contributed by atoms with van der Waals surface area (Å²) >= 11 is 0. The highest BCUT2D eigenvalue weighted by Crippen LogP contribution is 2.21. The molecule has 1 aliphatic rings. The minimum Gasteiger partial charge on any atom is -0.457 e. The molecule has 1 rings (SSSR count). The van der Waals surface area contributed by atoms with Crippen LogP contribution in [0, 0.1) is 0 Å². The van der Waals surface area contributed by atoms with Crippen LogP contribution in [0.5, 0.6) is 0 Å². The summed E-state index contributed by atoms with van der Waals surface area (Å²) in [5, 5.41) is 0. The predicted octanol–water partition coefficient (Wildman–Crippen LogP) is 0.569. The van der Waals surface area contributed by atoms with E-state index < -0.39 is 5.79 Å². The molecule has 2 N–H and O–H groups in total. The van der Waals surface area contributed by atoms with Gasteiger partial charge < -0.3 is 15.2 Å². The van der Waals surface area contributed by atoms with E-state index in [0.29, 0.717) is 6.54 Å². The lowest BCUT2D eigenvalue weighted by molar-refractivity contribution is -0.128. The third kappa shape index (κ3) is 1.36. The molecule has 0 bridgehead atoms. The smallest absolute Gasteiger partial charge is 0.248 e. The minimum absolute atomic E-state index is 0.491. The number of hydrogen-bond acceptors (Lipinski definition) is 3. The van der Waals surface area contributed by atoms with Gasteiger partial charge in [-0.1, -0.05) is 0 Å². The third-order valence-electron chi connectivity index (χ3n) is 1.29. The number of rotatable bonds is 2. The summed E-state index contributed by atoms with van der Waals surface area (Å²) in [6.45, 7) is 2.44. The van der Waals surface area contributed by atoms with E-state index in [4.69, 9.17) is 15.2 Å². The van der Waals surface area contributed by atoms with E-state index in [1.54, 1.807) is 0 Å². The number of hydrogen-bond donors (Lipinski definition) is 1. The molecule has 0 atom stereocenters. The first kappa shape index (κ1) is 6.42. The zero-order valence-corrected chi connectivity index (χ0v) is 5.46. The van der Waals surface area contributed by atoms with Gasteiger partial charge in [0.25, 0.3) is 0 Å². The predicted molar refractivity (Wildman–Crippen MR) is 33.4 cm³/mol. The van der Waals surface area contributed by atoms with Crippen molar-refractivity contribution in [1.29, 1.82) is 0 Å². The van der Waals surface area contributed by atoms with E-state index in [0.717, 1.165) is 6.42 Å². The molecular weight excluding hydrogens is 118 g/mol. The number of ether oxygens (including phenoxy) is 2. The van der Waals surface area contributed by atoms with Gasteiger partial charge in [0.1, 0.15) is 12.5 Å². The van der Waals surface area contributed by atoms with Gasteiger partial charge in [-0.25, -0.2) is 0 Å². The highest BCUT2D eigenvalue weighted by atomic mass is 16.7. The van der Waals surface area contributed by atoms with Gasteiger partial charge in [0.2, 0.25) is 5.79 Å². The molecular formula is C6H11NO2. The second-order valence-corrected chi connectivity index (χ2v) is 2.18. The molecule has 0 fully saturated rings. The van der Waals surface area contributed by atoms with Crippen LogP contribution >= 0.6 is 0 Å². The second-order valence-electron chi connectivity index (χ2n) is 2.18. The Hall–Kier alpha value is -0.700. The molecule has 1 aliphatic heterocycles. The van der Waals surface area contributed by atoms with Gasteiger partial charge in [0.05, 0.1) is 0 Å². The van der Waals surface area contributed by atoms with Gasteiger partial charge >= 0.3 is 0 Å². The highest BCUT2D eigenvalue weighted by Gasteiger charge is 2.27. The van der Waals surface area contributed by atoms with Crippen LogP contribution in [0.25, 0.3) is 0 Å². The molecule has 9 heavy (non-hydrogen) atoms. The lowest BCUT2D eigenvalue weighted by Crippen LogP contribution is -2.28. The lowest BCUT2D eigenvalue weighted by atomic mass is 10.2. The van der Waals surface area contributed by atoms with Gasteiger partial charge in [-0.05, 0) is 6.54 Å². The SMILES string of the molecule is CC1(CCN)OC=CO1. The molecule has 0 saturated heterocycles. The topological polar surface area (TPSA) is 44.5 Å². The van der Waals surface area contributed by atoms with Gasteiger partial charge in [-0.2, -0.15) is 0 Å². The molecule has 52 valence electrons. The third-order valence-corrected chi connectivity index (χ3v) is 1.29. The summed E-state index contributed by atoms with van der Waals surface area (Å²) in [5.41, 5.74) is 5.31. The summed E-state index contributed by atoms with van der Waals surface area (Å²) in [4.78, 5) is 0. The summed E-state index contributed by atoms with van der Waals surface area (Å²) < 4.78 is 10.2. The van der Waals surface area contributed by atoms with Gasteiger partial charge in [0.15, 0.2) is 0 Å². The minimum atomic E-state index is -0.491. The van der Waals surface area contributed by atoms with Gasteiger partial charge in [0, 0.05) is 13.3 Å². The molecule has 0 aromatic carbocycles. The Morgan fingerprint density at radius 1 is 1.44 bits per heavy atom. The maximum atomic E-state index is 5.31. The molecule has 3 nitrogen and oxygen atoms in total. The van der Waals surface area contributed by atoms with Crippen molar-refractivity contribution in [3.63, 3.8) is 0 Å². The fraction of sp³-hybridized carbons (Fsp3) is 0.667. The van der Waals surface area contributed by atoms with Crippen LogP contribution in [0.2, 0.25) is 0 Å². The van der Waals surface area contributed by atoms with E-state index in [9.17, 15) is 0 Å². The zero-order valence-electron chi connectivity index (χ0n) is 5.46.